The van der Waals surface area contributed by atoms with Crippen LogP contribution in [0.25, 0.3) is 0 Å². The van der Waals surface area contributed by atoms with E-state index in [1.165, 1.54) is 11.1 Å². The molecule has 0 radical (unpaired) electrons. The molecule has 0 saturated carbocycles. The van der Waals surface area contributed by atoms with Gasteiger partial charge in [0.1, 0.15) is 0 Å². The van der Waals surface area contributed by atoms with Gasteiger partial charge in [0.05, 0.1) is 6.54 Å². The van der Waals surface area contributed by atoms with E-state index in [0.717, 1.165) is 5.69 Å². The Morgan fingerprint density at radius 1 is 1.05 bits per heavy atom. The summed E-state index contributed by atoms with van der Waals surface area (Å²) in [6, 6.07) is 18.0. The van der Waals surface area contributed by atoms with Gasteiger partial charge in [-0.05, 0) is 37.1 Å². The molecule has 0 spiro atoms. The van der Waals surface area contributed by atoms with E-state index in [2.05, 4.69) is 24.4 Å². The molecule has 0 atom stereocenters. The second-order valence-electron chi connectivity index (χ2n) is 5.05. The molecule has 2 aromatic carbocycles. The lowest BCUT2D eigenvalue weighted by Crippen LogP contribution is -2.35. The maximum Gasteiger partial charge on any atom is 0.242 e. The molecule has 3 heteroatoms. The minimum absolute atomic E-state index is 0.115. The van der Waals surface area contributed by atoms with Crippen LogP contribution in [-0.2, 0) is 11.3 Å². The number of nitrogens with one attached hydrogen (secondary N) is 1. The van der Waals surface area contributed by atoms with Gasteiger partial charge in [-0.2, -0.15) is 0 Å². The molecule has 0 aromatic heterocycles. The molecule has 0 saturated heterocycles. The SMILES string of the molecule is CCN(Cc1ccccc1C)C(=O)CNc1ccccc1. The number of para-hydroxylation sites is 1. The summed E-state index contributed by atoms with van der Waals surface area (Å²) in [7, 11) is 0. The fourth-order valence-corrected chi connectivity index (χ4v) is 2.21. The van der Waals surface area contributed by atoms with E-state index in [9.17, 15) is 4.79 Å². The van der Waals surface area contributed by atoms with Crippen molar-refractivity contribution >= 4 is 11.6 Å². The lowest BCUT2D eigenvalue weighted by molar-refractivity contribution is -0.129. The summed E-state index contributed by atoms with van der Waals surface area (Å²) in [5, 5.41) is 3.17. The van der Waals surface area contributed by atoms with Gasteiger partial charge in [0, 0.05) is 18.8 Å². The topological polar surface area (TPSA) is 32.3 Å². The van der Waals surface area contributed by atoms with E-state index < -0.39 is 0 Å². The standard InChI is InChI=1S/C18H22N2O/c1-3-20(14-16-10-8-7-9-15(16)2)18(21)13-19-17-11-5-4-6-12-17/h4-12,19H,3,13-14H2,1-2H3. The van der Waals surface area contributed by atoms with Crippen LogP contribution < -0.4 is 5.32 Å². The number of likely N-dealkylation sites (N-methyl/N-ethyl adjacent to an activating group) is 1. The number of nitrogens with zero attached hydrogens (tertiary/aromatic N) is 1. The van der Waals surface area contributed by atoms with Gasteiger partial charge in [-0.3, -0.25) is 4.79 Å². The molecule has 2 rings (SSSR count). The maximum absolute atomic E-state index is 12.3. The van der Waals surface area contributed by atoms with Crippen LogP contribution in [0, 0.1) is 6.92 Å². The number of aryl methyl sites for hydroxylation is 1. The van der Waals surface area contributed by atoms with Gasteiger partial charge in [0.2, 0.25) is 5.91 Å². The van der Waals surface area contributed by atoms with Crippen LogP contribution in [-0.4, -0.2) is 23.9 Å². The summed E-state index contributed by atoms with van der Waals surface area (Å²) < 4.78 is 0. The third-order valence-electron chi connectivity index (χ3n) is 3.57. The molecule has 21 heavy (non-hydrogen) atoms. The normalized spacial score (nSPS) is 10.2. The number of anilines is 1. The van der Waals surface area contributed by atoms with Crippen molar-refractivity contribution in [1.82, 2.24) is 4.90 Å². The first kappa shape index (κ1) is 15.1. The van der Waals surface area contributed by atoms with Gasteiger partial charge >= 0.3 is 0 Å². The monoisotopic (exact) mass is 282 g/mol. The Hall–Kier alpha value is -2.29. The lowest BCUT2D eigenvalue weighted by atomic mass is 10.1. The van der Waals surface area contributed by atoms with Gasteiger partial charge in [-0.25, -0.2) is 0 Å². The Bertz CT molecular complexity index is 581. The van der Waals surface area contributed by atoms with Crippen molar-refractivity contribution in [1.29, 1.82) is 0 Å². The average Bonchev–Trinajstić information content (AvgIpc) is 2.53. The van der Waals surface area contributed by atoms with Crippen LogP contribution in [0.1, 0.15) is 18.1 Å². The first-order chi connectivity index (χ1) is 10.2. The minimum atomic E-state index is 0.115. The summed E-state index contributed by atoms with van der Waals surface area (Å²) in [4.78, 5) is 14.2. The number of carbonyl (C=O) groups excluding carboxylic acids is 1. The number of rotatable bonds is 6. The second kappa shape index (κ2) is 7.48. The zero-order valence-electron chi connectivity index (χ0n) is 12.7. The summed E-state index contributed by atoms with van der Waals surface area (Å²) in [5.41, 5.74) is 3.39. The van der Waals surface area contributed by atoms with Gasteiger partial charge in [0.15, 0.2) is 0 Å². The predicted octanol–water partition coefficient (Wildman–Crippen LogP) is 3.46. The van der Waals surface area contributed by atoms with Crippen molar-refractivity contribution in [3.05, 3.63) is 65.7 Å². The highest BCUT2D eigenvalue weighted by Crippen LogP contribution is 2.11. The minimum Gasteiger partial charge on any atom is -0.376 e. The van der Waals surface area contributed by atoms with E-state index >= 15 is 0 Å². The lowest BCUT2D eigenvalue weighted by Gasteiger charge is -2.22. The molecule has 3 nitrogen and oxygen atoms in total. The zero-order chi connectivity index (χ0) is 15.1. The fourth-order valence-electron chi connectivity index (χ4n) is 2.21. The van der Waals surface area contributed by atoms with Crippen LogP contribution in [0.15, 0.2) is 54.6 Å². The van der Waals surface area contributed by atoms with E-state index in [1.54, 1.807) is 0 Å². The Morgan fingerprint density at radius 2 is 1.71 bits per heavy atom. The van der Waals surface area contributed by atoms with Gasteiger partial charge in [0.25, 0.3) is 0 Å². The van der Waals surface area contributed by atoms with Crippen molar-refractivity contribution in [2.75, 3.05) is 18.4 Å². The van der Waals surface area contributed by atoms with Crippen molar-refractivity contribution in [2.24, 2.45) is 0 Å². The third kappa shape index (κ3) is 4.35. The predicted molar refractivity (Wildman–Crippen MR) is 87.2 cm³/mol. The van der Waals surface area contributed by atoms with E-state index in [1.807, 2.05) is 54.3 Å². The highest BCUT2D eigenvalue weighted by Gasteiger charge is 2.12. The first-order valence-corrected chi connectivity index (χ1v) is 7.32. The Morgan fingerprint density at radius 3 is 2.38 bits per heavy atom. The van der Waals surface area contributed by atoms with Crippen molar-refractivity contribution in [3.63, 3.8) is 0 Å². The summed E-state index contributed by atoms with van der Waals surface area (Å²) in [6.45, 7) is 5.79. The molecule has 0 aliphatic carbocycles. The number of carbonyl (C=O) groups is 1. The smallest absolute Gasteiger partial charge is 0.242 e. The van der Waals surface area contributed by atoms with Gasteiger partial charge in [-0.15, -0.1) is 0 Å². The molecular weight excluding hydrogens is 260 g/mol. The highest BCUT2D eigenvalue weighted by atomic mass is 16.2. The highest BCUT2D eigenvalue weighted by molar-refractivity contribution is 5.80. The molecular formula is C18H22N2O. The molecule has 0 aliphatic rings. The Kier molecular flexibility index (Phi) is 5.38. The van der Waals surface area contributed by atoms with Crippen LogP contribution in [0.3, 0.4) is 0 Å². The summed E-state index contributed by atoms with van der Waals surface area (Å²) in [5.74, 6) is 0.115. The number of hydrogen-bond donors (Lipinski definition) is 1. The second-order valence-corrected chi connectivity index (χ2v) is 5.05. The largest absolute Gasteiger partial charge is 0.376 e. The molecule has 1 amide bonds. The summed E-state index contributed by atoms with van der Waals surface area (Å²) >= 11 is 0. The van der Waals surface area contributed by atoms with E-state index in [0.29, 0.717) is 19.6 Å². The first-order valence-electron chi connectivity index (χ1n) is 7.32. The fraction of sp³-hybridized carbons (Fsp3) is 0.278. The number of amides is 1. The molecule has 2 aromatic rings. The zero-order valence-corrected chi connectivity index (χ0v) is 12.7. The van der Waals surface area contributed by atoms with Crippen molar-refractivity contribution in [2.45, 2.75) is 20.4 Å². The Labute approximate surface area is 126 Å². The molecule has 0 heterocycles. The quantitative estimate of drug-likeness (QED) is 0.880. The van der Waals surface area contributed by atoms with Crippen LogP contribution >= 0.6 is 0 Å². The van der Waals surface area contributed by atoms with Crippen LogP contribution in [0.2, 0.25) is 0 Å². The Balaban J connectivity index is 1.94. The van der Waals surface area contributed by atoms with Crippen molar-refractivity contribution in [3.8, 4) is 0 Å². The third-order valence-corrected chi connectivity index (χ3v) is 3.57. The van der Waals surface area contributed by atoms with E-state index in [4.69, 9.17) is 0 Å². The van der Waals surface area contributed by atoms with Crippen LogP contribution in [0.4, 0.5) is 5.69 Å². The van der Waals surface area contributed by atoms with Gasteiger partial charge in [-0.1, -0.05) is 42.5 Å². The molecule has 0 fully saturated rings. The molecule has 0 unspecified atom stereocenters. The number of benzene rings is 2. The maximum atomic E-state index is 12.3. The molecule has 1 N–H and O–H groups in total. The number of hydrogen-bond acceptors (Lipinski definition) is 2. The summed E-state index contributed by atoms with van der Waals surface area (Å²) in [6.07, 6.45) is 0. The van der Waals surface area contributed by atoms with E-state index in [-0.39, 0.29) is 5.91 Å². The molecule has 110 valence electrons. The molecule has 0 aliphatic heterocycles. The average molecular weight is 282 g/mol. The van der Waals surface area contributed by atoms with Gasteiger partial charge < -0.3 is 10.2 Å². The van der Waals surface area contributed by atoms with Crippen molar-refractivity contribution < 1.29 is 4.79 Å². The van der Waals surface area contributed by atoms with Crippen LogP contribution in [0.5, 0.6) is 0 Å². The molecule has 0 bridgehead atoms.